The Bertz CT molecular complexity index is 1270. The largest absolute Gasteiger partial charge is 0.416 e. The average molecular weight is 512 g/mol. The summed E-state index contributed by atoms with van der Waals surface area (Å²) >= 11 is 0. The molecule has 0 bridgehead atoms. The van der Waals surface area contributed by atoms with E-state index in [1.807, 2.05) is 53.4 Å². The average Bonchev–Trinajstić information content (AvgIpc) is 3.06. The lowest BCUT2D eigenvalue weighted by molar-refractivity contribution is -0.137. The predicted octanol–water partition coefficient (Wildman–Crippen LogP) is 7.93. The van der Waals surface area contributed by atoms with Gasteiger partial charge in [-0.2, -0.15) is 13.2 Å². The molecule has 1 aliphatic carbocycles. The molecule has 0 aromatic heterocycles. The second-order valence-electron chi connectivity index (χ2n) is 10.2. The second kappa shape index (κ2) is 10.4. The van der Waals surface area contributed by atoms with Crippen LogP contribution in [0.4, 0.5) is 22.0 Å². The van der Waals surface area contributed by atoms with Crippen molar-refractivity contribution in [1.82, 2.24) is 4.90 Å². The SMILES string of the molecule is FCCCN1CC(F)(Cc2ccc(C3=C(c4ccccc4C(F)(F)F)CCCc4ccccc43)cc2)C1. The minimum absolute atomic E-state index is 0.219. The van der Waals surface area contributed by atoms with Gasteiger partial charge >= 0.3 is 6.18 Å². The molecule has 1 heterocycles. The summed E-state index contributed by atoms with van der Waals surface area (Å²) < 4.78 is 69.6. The monoisotopic (exact) mass is 511 g/mol. The van der Waals surface area contributed by atoms with Crippen LogP contribution in [0.25, 0.3) is 11.1 Å². The van der Waals surface area contributed by atoms with Crippen molar-refractivity contribution in [2.45, 2.75) is 43.9 Å². The van der Waals surface area contributed by atoms with Crippen molar-refractivity contribution in [3.8, 4) is 0 Å². The maximum absolute atomic E-state index is 15.2. The molecule has 3 aromatic carbocycles. The number of alkyl halides is 5. The molecular weight excluding hydrogens is 481 g/mol. The lowest BCUT2D eigenvalue weighted by Gasteiger charge is -2.44. The first kappa shape index (κ1) is 25.7. The van der Waals surface area contributed by atoms with E-state index in [0.29, 0.717) is 38.0 Å². The van der Waals surface area contributed by atoms with Crippen LogP contribution in [0.15, 0.2) is 72.8 Å². The van der Waals surface area contributed by atoms with E-state index in [-0.39, 0.29) is 12.0 Å². The minimum Gasteiger partial charge on any atom is -0.297 e. The van der Waals surface area contributed by atoms with E-state index in [1.54, 1.807) is 12.1 Å². The third-order valence-electron chi connectivity index (χ3n) is 7.40. The molecule has 2 aliphatic rings. The Morgan fingerprint density at radius 2 is 1.49 bits per heavy atom. The van der Waals surface area contributed by atoms with Crippen molar-refractivity contribution in [3.63, 3.8) is 0 Å². The zero-order chi connectivity index (χ0) is 26.0. The second-order valence-corrected chi connectivity index (χ2v) is 10.2. The molecule has 1 saturated heterocycles. The van der Waals surface area contributed by atoms with Crippen molar-refractivity contribution in [1.29, 1.82) is 0 Å². The Morgan fingerprint density at radius 1 is 0.811 bits per heavy atom. The van der Waals surface area contributed by atoms with Gasteiger partial charge in [0, 0.05) is 26.1 Å². The Hall–Kier alpha value is -2.99. The number of hydrogen-bond acceptors (Lipinski definition) is 1. The van der Waals surface area contributed by atoms with E-state index in [0.717, 1.165) is 46.7 Å². The van der Waals surface area contributed by atoms with Crippen LogP contribution in [0.2, 0.25) is 0 Å². The van der Waals surface area contributed by atoms with Gasteiger partial charge in [-0.3, -0.25) is 9.29 Å². The van der Waals surface area contributed by atoms with E-state index >= 15 is 4.39 Å². The first-order chi connectivity index (χ1) is 17.8. The van der Waals surface area contributed by atoms with Crippen molar-refractivity contribution in [3.05, 3.63) is 106 Å². The van der Waals surface area contributed by atoms with Gasteiger partial charge in [0.15, 0.2) is 0 Å². The summed E-state index contributed by atoms with van der Waals surface area (Å²) in [6.45, 7) is 0.764. The maximum Gasteiger partial charge on any atom is 0.416 e. The molecular formula is C31H30F5N. The van der Waals surface area contributed by atoms with Gasteiger partial charge < -0.3 is 0 Å². The van der Waals surface area contributed by atoms with E-state index in [1.165, 1.54) is 6.07 Å². The van der Waals surface area contributed by atoms with Gasteiger partial charge in [-0.25, -0.2) is 4.39 Å². The van der Waals surface area contributed by atoms with E-state index in [2.05, 4.69) is 0 Å². The molecule has 6 heteroatoms. The van der Waals surface area contributed by atoms with Crippen LogP contribution in [0.3, 0.4) is 0 Å². The predicted molar refractivity (Wildman–Crippen MR) is 138 cm³/mol. The highest BCUT2D eigenvalue weighted by molar-refractivity contribution is 6.00. The summed E-state index contributed by atoms with van der Waals surface area (Å²) in [4.78, 5) is 1.92. The van der Waals surface area contributed by atoms with Gasteiger partial charge in [0.25, 0.3) is 0 Å². The molecule has 0 atom stereocenters. The standard InChI is InChI=1S/C31H30F5N/c32-17-6-18-37-20-30(33,21-37)19-22-13-15-24(16-14-22)29-25-9-2-1-7-23(25)8-5-11-27(29)26-10-3-4-12-28(26)31(34,35)36/h1-4,7,9-10,12-16H,5-6,8,11,17-21H2. The normalized spacial score (nSPS) is 17.8. The van der Waals surface area contributed by atoms with Crippen LogP contribution in [-0.2, 0) is 19.0 Å². The summed E-state index contributed by atoms with van der Waals surface area (Å²) in [6.07, 6.45) is -1.70. The molecule has 1 nitrogen and oxygen atoms in total. The van der Waals surface area contributed by atoms with Crippen molar-refractivity contribution < 1.29 is 22.0 Å². The van der Waals surface area contributed by atoms with Crippen LogP contribution in [0.1, 0.15) is 52.6 Å². The van der Waals surface area contributed by atoms with Crippen molar-refractivity contribution in [2.24, 2.45) is 0 Å². The van der Waals surface area contributed by atoms with Gasteiger partial charge in [0.1, 0.15) is 5.67 Å². The van der Waals surface area contributed by atoms with E-state index in [4.69, 9.17) is 0 Å². The van der Waals surface area contributed by atoms with Crippen LogP contribution in [-0.4, -0.2) is 36.9 Å². The summed E-state index contributed by atoms with van der Waals surface area (Å²) in [5, 5.41) is 0. The molecule has 0 saturated carbocycles. The summed E-state index contributed by atoms with van der Waals surface area (Å²) in [7, 11) is 0. The Labute approximate surface area is 214 Å². The molecule has 194 valence electrons. The minimum atomic E-state index is -4.46. The Balaban J connectivity index is 1.52. The molecule has 0 amide bonds. The van der Waals surface area contributed by atoms with Gasteiger partial charge in [-0.1, -0.05) is 66.7 Å². The molecule has 0 unspecified atom stereocenters. The number of fused-ring (bicyclic) bond motifs is 1. The van der Waals surface area contributed by atoms with Crippen molar-refractivity contribution in [2.75, 3.05) is 26.3 Å². The number of likely N-dealkylation sites (tertiary alicyclic amines) is 1. The molecule has 0 radical (unpaired) electrons. The van der Waals surface area contributed by atoms with Gasteiger partial charge in [-0.05, 0) is 70.7 Å². The first-order valence-electron chi connectivity index (χ1n) is 12.8. The number of hydrogen-bond donors (Lipinski definition) is 0. The molecule has 0 spiro atoms. The Morgan fingerprint density at radius 3 is 2.19 bits per heavy atom. The van der Waals surface area contributed by atoms with Crippen LogP contribution < -0.4 is 0 Å². The smallest absolute Gasteiger partial charge is 0.297 e. The number of allylic oxidation sites excluding steroid dienone is 1. The van der Waals surface area contributed by atoms with Gasteiger partial charge in [0.05, 0.1) is 12.2 Å². The summed E-state index contributed by atoms with van der Waals surface area (Å²) in [5.41, 5.74) is 3.50. The van der Waals surface area contributed by atoms with Crippen LogP contribution in [0.5, 0.6) is 0 Å². The quantitative estimate of drug-likeness (QED) is 0.291. The molecule has 3 aromatic rings. The van der Waals surface area contributed by atoms with Crippen LogP contribution >= 0.6 is 0 Å². The van der Waals surface area contributed by atoms with E-state index < -0.39 is 24.1 Å². The molecule has 1 fully saturated rings. The fraction of sp³-hybridized carbons (Fsp3) is 0.355. The number of nitrogens with zero attached hydrogens (tertiary/aromatic N) is 1. The fourth-order valence-electron chi connectivity index (χ4n) is 5.78. The van der Waals surface area contributed by atoms with E-state index in [9.17, 15) is 17.6 Å². The third-order valence-corrected chi connectivity index (χ3v) is 7.40. The summed E-state index contributed by atoms with van der Waals surface area (Å²) in [6, 6.07) is 21.3. The highest BCUT2D eigenvalue weighted by Gasteiger charge is 2.43. The number of benzene rings is 3. The number of aryl methyl sites for hydroxylation is 1. The fourth-order valence-corrected chi connectivity index (χ4v) is 5.78. The van der Waals surface area contributed by atoms with Gasteiger partial charge in [0.2, 0.25) is 0 Å². The molecule has 0 N–H and O–H groups in total. The third kappa shape index (κ3) is 5.49. The lowest BCUT2D eigenvalue weighted by atomic mass is 9.84. The van der Waals surface area contributed by atoms with Gasteiger partial charge in [-0.15, -0.1) is 0 Å². The topological polar surface area (TPSA) is 3.24 Å². The number of rotatable bonds is 7. The zero-order valence-electron chi connectivity index (χ0n) is 20.6. The highest BCUT2D eigenvalue weighted by atomic mass is 19.4. The maximum atomic E-state index is 15.2. The lowest BCUT2D eigenvalue weighted by Crippen LogP contribution is -2.60. The first-order valence-corrected chi connectivity index (χ1v) is 12.8. The Kier molecular flexibility index (Phi) is 7.21. The van der Waals surface area contributed by atoms with Crippen molar-refractivity contribution >= 4 is 11.1 Å². The number of halogens is 5. The molecule has 1 aliphatic heterocycles. The highest BCUT2D eigenvalue weighted by Crippen LogP contribution is 2.44. The zero-order valence-corrected chi connectivity index (χ0v) is 20.6. The van der Waals surface area contributed by atoms with Crippen LogP contribution in [0, 0.1) is 0 Å². The summed E-state index contributed by atoms with van der Waals surface area (Å²) in [5.74, 6) is 0. The molecule has 5 rings (SSSR count). The molecule has 37 heavy (non-hydrogen) atoms.